The molecule has 0 heterocycles. The van der Waals surface area contributed by atoms with E-state index in [-0.39, 0.29) is 5.69 Å². The lowest BCUT2D eigenvalue weighted by Gasteiger charge is -1.99. The minimum Gasteiger partial charge on any atom is -0.258 e. The molecule has 0 saturated heterocycles. The normalized spacial score (nSPS) is 9.62. The molecule has 0 unspecified atom stereocenters. The third kappa shape index (κ3) is 2.78. The van der Waals surface area contributed by atoms with E-state index >= 15 is 0 Å². The molecule has 0 amide bonds. The van der Waals surface area contributed by atoms with Crippen molar-refractivity contribution >= 4 is 34.7 Å². The average molecular weight is 213 g/mol. The van der Waals surface area contributed by atoms with Crippen molar-refractivity contribution in [3.05, 3.63) is 39.9 Å². The summed E-state index contributed by atoms with van der Waals surface area (Å²) in [5, 5.41) is 10.5. The van der Waals surface area contributed by atoms with Crippen LogP contribution in [0.3, 0.4) is 0 Å². The van der Waals surface area contributed by atoms with Crippen LogP contribution in [0, 0.1) is 10.1 Å². The van der Waals surface area contributed by atoms with Crippen LogP contribution >= 0.6 is 24.8 Å². The van der Waals surface area contributed by atoms with Gasteiger partial charge in [0.1, 0.15) is 0 Å². The first-order valence-corrected chi connectivity index (χ1v) is 4.41. The number of thiol groups is 1. The number of nitro benzene ring substituents is 1. The molecule has 5 heteroatoms. The summed E-state index contributed by atoms with van der Waals surface area (Å²) in [5.41, 5.74) is 0.700. The van der Waals surface area contributed by atoms with Gasteiger partial charge in [0.15, 0.2) is 0 Å². The number of hydrogen-bond acceptors (Lipinski definition) is 3. The number of nitro groups is 1. The van der Waals surface area contributed by atoms with E-state index in [4.69, 9.17) is 12.2 Å². The van der Waals surface area contributed by atoms with Crippen molar-refractivity contribution in [1.29, 1.82) is 0 Å². The molecule has 1 aromatic carbocycles. The van der Waals surface area contributed by atoms with E-state index in [2.05, 4.69) is 12.6 Å². The van der Waals surface area contributed by atoms with E-state index in [0.717, 1.165) is 0 Å². The van der Waals surface area contributed by atoms with Gasteiger partial charge in [-0.3, -0.25) is 10.1 Å². The second kappa shape index (κ2) is 4.34. The maximum atomic E-state index is 10.5. The molecule has 0 aromatic heterocycles. The van der Waals surface area contributed by atoms with Crippen LogP contribution in [0.15, 0.2) is 24.3 Å². The van der Waals surface area contributed by atoms with E-state index in [9.17, 15) is 10.1 Å². The van der Waals surface area contributed by atoms with Crippen molar-refractivity contribution in [1.82, 2.24) is 0 Å². The maximum absolute atomic E-state index is 10.5. The summed E-state index contributed by atoms with van der Waals surface area (Å²) < 4.78 is 0.453. The lowest BCUT2D eigenvalue weighted by atomic mass is 10.1. The molecule has 0 aliphatic rings. The topological polar surface area (TPSA) is 43.1 Å². The zero-order valence-corrected chi connectivity index (χ0v) is 8.35. The largest absolute Gasteiger partial charge is 0.272 e. The van der Waals surface area contributed by atoms with Crippen molar-refractivity contribution in [3.63, 3.8) is 0 Å². The number of benzene rings is 1. The Morgan fingerprint density at radius 2 is 2.15 bits per heavy atom. The molecular formula is C8H7NO2S2. The molecule has 0 N–H and O–H groups in total. The molecule has 0 atom stereocenters. The van der Waals surface area contributed by atoms with Crippen molar-refractivity contribution in [3.8, 4) is 0 Å². The van der Waals surface area contributed by atoms with Crippen LogP contribution in [0.5, 0.6) is 0 Å². The summed E-state index contributed by atoms with van der Waals surface area (Å²) in [6.07, 6.45) is 0.357. The van der Waals surface area contributed by atoms with Gasteiger partial charge in [-0.05, 0) is 0 Å². The van der Waals surface area contributed by atoms with E-state index < -0.39 is 4.92 Å². The van der Waals surface area contributed by atoms with Crippen molar-refractivity contribution in [2.24, 2.45) is 0 Å². The van der Waals surface area contributed by atoms with Crippen LogP contribution in [0.25, 0.3) is 0 Å². The monoisotopic (exact) mass is 213 g/mol. The summed E-state index contributed by atoms with van der Waals surface area (Å²) in [7, 11) is 0. The smallest absolute Gasteiger partial charge is 0.258 e. The Bertz CT molecular complexity index is 352. The predicted molar refractivity (Wildman–Crippen MR) is 58.4 cm³/mol. The van der Waals surface area contributed by atoms with Gasteiger partial charge in [-0.2, -0.15) is 0 Å². The second-order valence-corrected chi connectivity index (χ2v) is 3.79. The highest BCUT2D eigenvalue weighted by molar-refractivity contribution is 8.11. The predicted octanol–water partition coefficient (Wildman–Crippen LogP) is 2.39. The van der Waals surface area contributed by atoms with Crippen LogP contribution < -0.4 is 0 Å². The highest BCUT2D eigenvalue weighted by Gasteiger charge is 2.11. The standard InChI is InChI=1S/C8H7NO2S2/c10-9(11)7-4-2-1-3-6(7)5-8(12)13/h1-4H,5H2,(H,12,13). The second-order valence-electron chi connectivity index (χ2n) is 2.46. The van der Waals surface area contributed by atoms with Crippen LogP contribution in [-0.2, 0) is 6.42 Å². The van der Waals surface area contributed by atoms with Crippen LogP contribution in [-0.4, -0.2) is 9.12 Å². The van der Waals surface area contributed by atoms with Crippen molar-refractivity contribution in [2.75, 3.05) is 0 Å². The molecule has 1 aromatic rings. The molecule has 0 fully saturated rings. The molecule has 0 saturated carbocycles. The van der Waals surface area contributed by atoms with Gasteiger partial charge in [0, 0.05) is 22.2 Å². The number of thiocarbonyl (C=S) groups is 1. The van der Waals surface area contributed by atoms with E-state index in [1.807, 2.05) is 0 Å². The van der Waals surface area contributed by atoms with Gasteiger partial charge in [-0.25, -0.2) is 0 Å². The fourth-order valence-electron chi connectivity index (χ4n) is 1.00. The van der Waals surface area contributed by atoms with E-state index in [1.54, 1.807) is 18.2 Å². The Hall–Kier alpha value is -0.940. The van der Waals surface area contributed by atoms with Gasteiger partial charge in [-0.1, -0.05) is 30.4 Å². The quantitative estimate of drug-likeness (QED) is 0.363. The summed E-state index contributed by atoms with van der Waals surface area (Å²) in [6.45, 7) is 0. The number of para-hydroxylation sites is 1. The van der Waals surface area contributed by atoms with E-state index in [0.29, 0.717) is 16.2 Å². The van der Waals surface area contributed by atoms with Crippen LogP contribution in [0.2, 0.25) is 0 Å². The van der Waals surface area contributed by atoms with Gasteiger partial charge in [0.2, 0.25) is 0 Å². The first kappa shape index (κ1) is 10.1. The Morgan fingerprint density at radius 1 is 1.54 bits per heavy atom. The molecule has 0 spiro atoms. The SMILES string of the molecule is O=[N+]([O-])c1ccccc1CC(=S)S. The molecule has 0 aliphatic heterocycles. The fraction of sp³-hybridized carbons (Fsp3) is 0.125. The number of nitrogens with zero attached hydrogens (tertiary/aromatic N) is 1. The van der Waals surface area contributed by atoms with Gasteiger partial charge in [0.25, 0.3) is 5.69 Å². The number of hydrogen-bond donors (Lipinski definition) is 1. The molecule has 3 nitrogen and oxygen atoms in total. The lowest BCUT2D eigenvalue weighted by Crippen LogP contribution is -1.97. The first-order chi connectivity index (χ1) is 6.11. The average Bonchev–Trinajstić information content (AvgIpc) is 2.03. The molecule has 68 valence electrons. The molecule has 13 heavy (non-hydrogen) atoms. The van der Waals surface area contributed by atoms with Crippen molar-refractivity contribution in [2.45, 2.75) is 6.42 Å². The van der Waals surface area contributed by atoms with Crippen LogP contribution in [0.4, 0.5) is 5.69 Å². The Labute approximate surface area is 86.3 Å². The highest BCUT2D eigenvalue weighted by atomic mass is 32.1. The lowest BCUT2D eigenvalue weighted by molar-refractivity contribution is -0.385. The van der Waals surface area contributed by atoms with Gasteiger partial charge in [-0.15, -0.1) is 12.6 Å². The van der Waals surface area contributed by atoms with Gasteiger partial charge in [0.05, 0.1) is 4.92 Å². The highest BCUT2D eigenvalue weighted by Crippen LogP contribution is 2.18. The van der Waals surface area contributed by atoms with Crippen molar-refractivity contribution < 1.29 is 4.92 Å². The molecule has 0 bridgehead atoms. The zero-order chi connectivity index (χ0) is 9.84. The van der Waals surface area contributed by atoms with Crippen LogP contribution in [0.1, 0.15) is 5.56 Å². The zero-order valence-electron chi connectivity index (χ0n) is 6.64. The third-order valence-electron chi connectivity index (χ3n) is 1.53. The minimum atomic E-state index is -0.415. The maximum Gasteiger partial charge on any atom is 0.272 e. The summed E-state index contributed by atoms with van der Waals surface area (Å²) in [5.74, 6) is 0. The molecular weight excluding hydrogens is 206 g/mol. The molecule has 0 radical (unpaired) electrons. The summed E-state index contributed by atoms with van der Waals surface area (Å²) in [4.78, 5) is 10.1. The number of rotatable bonds is 3. The Kier molecular flexibility index (Phi) is 3.39. The van der Waals surface area contributed by atoms with Gasteiger partial charge < -0.3 is 0 Å². The first-order valence-electron chi connectivity index (χ1n) is 3.55. The van der Waals surface area contributed by atoms with E-state index in [1.165, 1.54) is 6.07 Å². The third-order valence-corrected chi connectivity index (χ3v) is 1.83. The molecule has 0 aliphatic carbocycles. The molecule has 1 rings (SSSR count). The fourth-order valence-corrected chi connectivity index (χ4v) is 1.33. The Balaban J connectivity index is 3.04. The van der Waals surface area contributed by atoms with Gasteiger partial charge >= 0.3 is 0 Å². The summed E-state index contributed by atoms with van der Waals surface area (Å²) >= 11 is 8.70. The Morgan fingerprint density at radius 3 is 2.69 bits per heavy atom. The summed E-state index contributed by atoms with van der Waals surface area (Å²) in [6, 6.07) is 6.51. The minimum absolute atomic E-state index is 0.0962.